The Morgan fingerprint density at radius 2 is 1.76 bits per heavy atom. The highest BCUT2D eigenvalue weighted by molar-refractivity contribution is 8.00. The molecule has 0 spiro atoms. The molecule has 244 valence electrons. The average molecular weight is 645 g/mol. The van der Waals surface area contributed by atoms with Gasteiger partial charge in [-0.2, -0.15) is 0 Å². The first-order valence-corrected chi connectivity index (χ1v) is 16.5. The summed E-state index contributed by atoms with van der Waals surface area (Å²) in [6, 6.07) is 18.1. The van der Waals surface area contributed by atoms with Gasteiger partial charge in [0.15, 0.2) is 0 Å². The molecule has 1 amide bonds. The number of thioether (sulfide) groups is 1. The van der Waals surface area contributed by atoms with E-state index in [9.17, 15) is 14.7 Å². The number of rotatable bonds is 11. The number of aliphatic carboxylic acids is 1. The fraction of sp³-hybridized carbons (Fsp3) is 0.444. The highest BCUT2D eigenvalue weighted by atomic mass is 32.2. The van der Waals surface area contributed by atoms with E-state index in [0.29, 0.717) is 25.5 Å². The largest absolute Gasteiger partial charge is 0.491 e. The first-order valence-electron chi connectivity index (χ1n) is 15.7. The summed E-state index contributed by atoms with van der Waals surface area (Å²) in [4.78, 5) is 27.4. The van der Waals surface area contributed by atoms with Crippen LogP contribution in [-0.2, 0) is 22.6 Å². The van der Waals surface area contributed by atoms with Gasteiger partial charge in [0.2, 0.25) is 11.8 Å². The number of carboxylic acid groups (broad SMARTS) is 1. The molecule has 5 rings (SSSR count). The number of methoxy groups -OCH3 is 1. The minimum Gasteiger partial charge on any atom is -0.491 e. The van der Waals surface area contributed by atoms with E-state index in [2.05, 4.69) is 59.8 Å². The lowest BCUT2D eigenvalue weighted by Crippen LogP contribution is -2.37. The second-order valence-electron chi connectivity index (χ2n) is 13.6. The van der Waals surface area contributed by atoms with Gasteiger partial charge in [0.25, 0.3) is 0 Å². The number of ether oxygens (including phenoxy) is 2. The molecular weight excluding hydrogens is 600 g/mol. The number of hydrogen-bond acceptors (Lipinski definition) is 7. The third-order valence-corrected chi connectivity index (χ3v) is 9.62. The summed E-state index contributed by atoms with van der Waals surface area (Å²) in [5.41, 5.74) is 3.81. The van der Waals surface area contributed by atoms with Crippen molar-refractivity contribution in [2.45, 2.75) is 83.0 Å². The molecular formula is C36H44N4O5S. The van der Waals surface area contributed by atoms with E-state index >= 15 is 0 Å². The van der Waals surface area contributed by atoms with Crippen molar-refractivity contribution in [1.29, 1.82) is 0 Å². The Morgan fingerprint density at radius 1 is 1.02 bits per heavy atom. The molecule has 3 heterocycles. The SMILES string of the molecule is COc1ccc(-c2ccc(Cn3c(CC(C)(C)C(=O)O)c(SC(C)(C)C)c4cc(OC[C@@H]5CCCN5C(C)=O)ccc43)cc2)nn1. The number of hydrogen-bond donors (Lipinski definition) is 1. The number of nitrogens with zero attached hydrogens (tertiary/aromatic N) is 4. The number of carbonyl (C=O) groups is 2. The van der Waals surface area contributed by atoms with Gasteiger partial charge in [-0.3, -0.25) is 9.59 Å². The quantitative estimate of drug-likeness (QED) is 0.173. The maximum absolute atomic E-state index is 12.4. The van der Waals surface area contributed by atoms with Crippen LogP contribution in [0.1, 0.15) is 65.6 Å². The van der Waals surface area contributed by atoms with Crippen LogP contribution in [0.4, 0.5) is 0 Å². The molecule has 46 heavy (non-hydrogen) atoms. The normalized spacial score (nSPS) is 15.4. The summed E-state index contributed by atoms with van der Waals surface area (Å²) >= 11 is 1.75. The molecule has 1 aliphatic heterocycles. The van der Waals surface area contributed by atoms with E-state index in [1.165, 1.54) is 0 Å². The van der Waals surface area contributed by atoms with Crippen molar-refractivity contribution in [3.05, 3.63) is 65.9 Å². The molecule has 10 heteroatoms. The molecule has 1 fully saturated rings. The summed E-state index contributed by atoms with van der Waals surface area (Å²) in [6.07, 6.45) is 2.28. The molecule has 1 saturated heterocycles. The predicted molar refractivity (Wildman–Crippen MR) is 182 cm³/mol. The first kappa shape index (κ1) is 33.3. The number of amides is 1. The zero-order valence-corrected chi connectivity index (χ0v) is 28.6. The van der Waals surface area contributed by atoms with Gasteiger partial charge in [-0.25, -0.2) is 0 Å². The predicted octanol–water partition coefficient (Wildman–Crippen LogP) is 7.09. The number of carbonyl (C=O) groups excluding carboxylic acids is 1. The molecule has 4 aromatic rings. The van der Waals surface area contributed by atoms with Gasteiger partial charge >= 0.3 is 5.97 Å². The molecule has 1 atom stereocenters. The fourth-order valence-corrected chi connectivity index (χ4v) is 7.06. The van der Waals surface area contributed by atoms with E-state index in [0.717, 1.165) is 63.4 Å². The van der Waals surface area contributed by atoms with Crippen LogP contribution in [-0.4, -0.2) is 67.7 Å². The zero-order chi connectivity index (χ0) is 33.2. The Hall–Kier alpha value is -4.05. The lowest BCUT2D eigenvalue weighted by molar-refractivity contribution is -0.146. The smallest absolute Gasteiger partial charge is 0.309 e. The molecule has 9 nitrogen and oxygen atoms in total. The van der Waals surface area contributed by atoms with Crippen LogP contribution >= 0.6 is 11.8 Å². The van der Waals surface area contributed by atoms with Crippen LogP contribution < -0.4 is 9.47 Å². The van der Waals surface area contributed by atoms with E-state index in [1.54, 1.807) is 45.7 Å². The lowest BCUT2D eigenvalue weighted by Gasteiger charge is -2.24. The standard InChI is InChI=1S/C36H44N4O5S/c1-23(41)39-18-8-9-26(39)22-45-27-14-16-30-28(19-27)33(46-35(2,3)4)31(20-36(5,6)34(42)43)40(30)21-24-10-12-25(13-11-24)29-15-17-32(44-7)38-37-29/h10-17,19,26H,8-9,18,20-22H2,1-7H3,(H,42,43)/t26-/m0/s1. The minimum absolute atomic E-state index is 0.0695. The molecule has 0 saturated carbocycles. The summed E-state index contributed by atoms with van der Waals surface area (Å²) in [5, 5.41) is 19.5. The van der Waals surface area contributed by atoms with Crippen LogP contribution in [0.25, 0.3) is 22.2 Å². The molecule has 2 aromatic carbocycles. The number of likely N-dealkylation sites (tertiary alicyclic amines) is 1. The van der Waals surface area contributed by atoms with Gasteiger partial charge < -0.3 is 24.0 Å². The van der Waals surface area contributed by atoms with Gasteiger partial charge in [-0.1, -0.05) is 45.0 Å². The minimum atomic E-state index is -0.978. The highest BCUT2D eigenvalue weighted by Gasteiger charge is 2.33. The van der Waals surface area contributed by atoms with Crippen LogP contribution in [0.3, 0.4) is 0 Å². The van der Waals surface area contributed by atoms with Gasteiger partial charge in [-0.15, -0.1) is 22.0 Å². The number of carboxylic acids is 1. The van der Waals surface area contributed by atoms with Crippen LogP contribution in [0.15, 0.2) is 59.5 Å². The molecule has 2 aromatic heterocycles. The molecule has 0 unspecified atom stereocenters. The van der Waals surface area contributed by atoms with Crippen LogP contribution in [0, 0.1) is 5.41 Å². The first-order chi connectivity index (χ1) is 21.8. The molecule has 0 aliphatic carbocycles. The second kappa shape index (κ2) is 13.4. The third-order valence-electron chi connectivity index (χ3n) is 8.35. The van der Waals surface area contributed by atoms with E-state index in [-0.39, 0.29) is 16.7 Å². The van der Waals surface area contributed by atoms with Crippen molar-refractivity contribution >= 4 is 34.5 Å². The van der Waals surface area contributed by atoms with Crippen LogP contribution in [0.2, 0.25) is 0 Å². The van der Waals surface area contributed by atoms with Gasteiger partial charge in [0.1, 0.15) is 12.4 Å². The summed E-state index contributed by atoms with van der Waals surface area (Å²) < 4.78 is 13.6. The third kappa shape index (κ3) is 7.49. The Bertz CT molecular complexity index is 1710. The summed E-state index contributed by atoms with van der Waals surface area (Å²) in [5.74, 6) is 0.449. The van der Waals surface area contributed by atoms with Gasteiger partial charge in [0.05, 0.1) is 24.3 Å². The van der Waals surface area contributed by atoms with Crippen molar-refractivity contribution < 1.29 is 24.2 Å². The topological polar surface area (TPSA) is 107 Å². The van der Waals surface area contributed by atoms with E-state index < -0.39 is 11.4 Å². The van der Waals surface area contributed by atoms with E-state index in [4.69, 9.17) is 9.47 Å². The monoisotopic (exact) mass is 644 g/mol. The maximum Gasteiger partial charge on any atom is 0.309 e. The Labute approximate surface area is 275 Å². The molecule has 0 radical (unpaired) electrons. The zero-order valence-electron chi connectivity index (χ0n) is 27.8. The Balaban J connectivity index is 1.54. The average Bonchev–Trinajstić information content (AvgIpc) is 3.59. The van der Waals surface area contributed by atoms with Crippen molar-refractivity contribution in [3.8, 4) is 22.9 Å². The molecule has 1 aliphatic rings. The Kier molecular flexibility index (Phi) is 9.67. The lowest BCUT2D eigenvalue weighted by atomic mass is 9.88. The second-order valence-corrected chi connectivity index (χ2v) is 15.4. The number of aromatic nitrogens is 3. The number of fused-ring (bicyclic) bond motifs is 1. The molecule has 0 bridgehead atoms. The Morgan fingerprint density at radius 3 is 2.37 bits per heavy atom. The van der Waals surface area contributed by atoms with Gasteiger partial charge in [0, 0.05) is 64.3 Å². The van der Waals surface area contributed by atoms with E-state index in [1.807, 2.05) is 29.2 Å². The van der Waals surface area contributed by atoms with Crippen molar-refractivity contribution in [1.82, 2.24) is 19.7 Å². The summed E-state index contributed by atoms with van der Waals surface area (Å²) in [6.45, 7) is 13.5. The van der Waals surface area contributed by atoms with Crippen molar-refractivity contribution in [2.24, 2.45) is 5.41 Å². The molecule has 1 N–H and O–H groups in total. The maximum atomic E-state index is 12.4. The van der Waals surface area contributed by atoms with Crippen LogP contribution in [0.5, 0.6) is 11.6 Å². The fourth-order valence-electron chi connectivity index (χ4n) is 5.88. The van der Waals surface area contributed by atoms with Crippen molar-refractivity contribution in [2.75, 3.05) is 20.3 Å². The summed E-state index contributed by atoms with van der Waals surface area (Å²) in [7, 11) is 1.56. The highest BCUT2D eigenvalue weighted by Crippen LogP contribution is 2.44. The van der Waals surface area contributed by atoms with Crippen molar-refractivity contribution in [3.63, 3.8) is 0 Å². The number of benzene rings is 2. The van der Waals surface area contributed by atoms with Gasteiger partial charge in [-0.05, 0) is 56.5 Å².